The van der Waals surface area contributed by atoms with Crippen molar-refractivity contribution in [1.82, 2.24) is 9.80 Å². The van der Waals surface area contributed by atoms with Gasteiger partial charge in [0, 0.05) is 50.3 Å². The Morgan fingerprint density at radius 3 is 2.13 bits per heavy atom. The van der Waals surface area contributed by atoms with Crippen LogP contribution in [-0.2, 0) is 18.5 Å². The fourth-order valence-corrected chi connectivity index (χ4v) is 5.02. The van der Waals surface area contributed by atoms with Crippen molar-refractivity contribution in [2.75, 3.05) is 26.2 Å². The van der Waals surface area contributed by atoms with E-state index in [1.807, 2.05) is 36.4 Å². The molecule has 1 saturated heterocycles. The number of rotatable bonds is 4. The number of Topliss-reactive ketones (excluding diaryl/α,β-unsaturated/α-hetero) is 1. The maximum absolute atomic E-state index is 14.6. The van der Waals surface area contributed by atoms with E-state index in [4.69, 9.17) is 0 Å². The summed E-state index contributed by atoms with van der Waals surface area (Å²) in [6.07, 6.45) is 0.399. The van der Waals surface area contributed by atoms with E-state index in [0.717, 1.165) is 38.3 Å². The van der Waals surface area contributed by atoms with Crippen LogP contribution in [0.15, 0.2) is 78.9 Å². The molecule has 1 atom stereocenters. The summed E-state index contributed by atoms with van der Waals surface area (Å²) < 4.78 is 14.6. The average Bonchev–Trinajstić information content (AvgIpc) is 3.10. The van der Waals surface area contributed by atoms with Gasteiger partial charge in [0.05, 0.1) is 0 Å². The third kappa shape index (κ3) is 3.17. The molecule has 0 bridgehead atoms. The highest BCUT2D eigenvalue weighted by Gasteiger charge is 2.52. The van der Waals surface area contributed by atoms with Crippen LogP contribution < -0.4 is 0 Å². The quantitative estimate of drug-likeness (QED) is 0.653. The lowest BCUT2D eigenvalue weighted by atomic mass is 9.83. The van der Waals surface area contributed by atoms with Crippen molar-refractivity contribution < 1.29 is 9.18 Å². The molecule has 3 aromatic carbocycles. The van der Waals surface area contributed by atoms with Crippen LogP contribution in [0.5, 0.6) is 0 Å². The molecule has 152 valence electrons. The maximum atomic E-state index is 14.6. The van der Waals surface area contributed by atoms with Crippen LogP contribution in [0.3, 0.4) is 0 Å². The van der Waals surface area contributed by atoms with Gasteiger partial charge in [-0.3, -0.25) is 14.6 Å². The van der Waals surface area contributed by atoms with Crippen molar-refractivity contribution in [1.29, 1.82) is 0 Å². The molecule has 1 aliphatic carbocycles. The van der Waals surface area contributed by atoms with E-state index in [1.165, 1.54) is 11.6 Å². The molecule has 0 radical (unpaired) electrons. The summed E-state index contributed by atoms with van der Waals surface area (Å²) in [4.78, 5) is 18.4. The molecule has 1 unspecified atom stereocenters. The van der Waals surface area contributed by atoms with Gasteiger partial charge in [-0.15, -0.1) is 0 Å². The molecule has 5 rings (SSSR count). The predicted molar refractivity (Wildman–Crippen MR) is 116 cm³/mol. The zero-order valence-corrected chi connectivity index (χ0v) is 16.9. The highest BCUT2D eigenvalue weighted by Crippen LogP contribution is 2.43. The second-order valence-electron chi connectivity index (χ2n) is 8.25. The first-order chi connectivity index (χ1) is 14.7. The van der Waals surface area contributed by atoms with Gasteiger partial charge in [0.25, 0.3) is 0 Å². The van der Waals surface area contributed by atoms with Gasteiger partial charge in [-0.2, -0.15) is 0 Å². The number of nitrogens with zero attached hydrogens (tertiary/aromatic N) is 2. The lowest BCUT2D eigenvalue weighted by Gasteiger charge is -2.45. The lowest BCUT2D eigenvalue weighted by Crippen LogP contribution is -2.58. The monoisotopic (exact) mass is 400 g/mol. The first kappa shape index (κ1) is 19.2. The number of benzene rings is 3. The van der Waals surface area contributed by atoms with Crippen LogP contribution in [0.25, 0.3) is 0 Å². The van der Waals surface area contributed by atoms with Crippen molar-refractivity contribution in [3.05, 3.63) is 107 Å². The van der Waals surface area contributed by atoms with Crippen molar-refractivity contribution in [2.45, 2.75) is 18.5 Å². The Labute approximate surface area is 176 Å². The molecule has 1 heterocycles. The van der Waals surface area contributed by atoms with E-state index in [-0.39, 0.29) is 11.6 Å². The summed E-state index contributed by atoms with van der Waals surface area (Å²) >= 11 is 0. The van der Waals surface area contributed by atoms with Crippen LogP contribution in [0.1, 0.15) is 27.0 Å². The SMILES string of the molecule is O=C1c2cccc(F)c2CC1(c1ccccc1)N1CCN(Cc2ccccc2)CC1. The molecular formula is C26H25FN2O. The number of carbonyl (C=O) groups is 1. The van der Waals surface area contributed by atoms with E-state index in [2.05, 4.69) is 34.1 Å². The van der Waals surface area contributed by atoms with Crippen LogP contribution in [0.2, 0.25) is 0 Å². The van der Waals surface area contributed by atoms with Gasteiger partial charge in [-0.25, -0.2) is 4.39 Å². The third-order valence-electron chi connectivity index (χ3n) is 6.58. The van der Waals surface area contributed by atoms with Gasteiger partial charge in [-0.05, 0) is 17.2 Å². The summed E-state index contributed by atoms with van der Waals surface area (Å²) in [6.45, 7) is 4.24. The Bertz CT molecular complexity index is 1050. The smallest absolute Gasteiger partial charge is 0.188 e. The minimum absolute atomic E-state index is 0.0275. The van der Waals surface area contributed by atoms with Gasteiger partial charge in [0.2, 0.25) is 0 Å². The molecule has 1 fully saturated rings. The molecule has 3 aromatic rings. The Kier molecular flexibility index (Phi) is 4.97. The number of hydrogen-bond donors (Lipinski definition) is 0. The summed E-state index contributed by atoms with van der Waals surface area (Å²) in [5.41, 5.74) is 2.53. The van der Waals surface area contributed by atoms with Crippen molar-refractivity contribution in [3.8, 4) is 0 Å². The molecule has 4 heteroatoms. The largest absolute Gasteiger partial charge is 0.297 e. The second kappa shape index (κ2) is 7.78. The number of hydrogen-bond acceptors (Lipinski definition) is 3. The van der Waals surface area contributed by atoms with Crippen LogP contribution in [0.4, 0.5) is 4.39 Å². The van der Waals surface area contributed by atoms with Gasteiger partial charge in [0.15, 0.2) is 5.78 Å². The molecule has 0 aromatic heterocycles. The van der Waals surface area contributed by atoms with Gasteiger partial charge in [0.1, 0.15) is 11.4 Å². The highest BCUT2D eigenvalue weighted by atomic mass is 19.1. The molecule has 2 aliphatic rings. The van der Waals surface area contributed by atoms with Gasteiger partial charge in [-0.1, -0.05) is 72.8 Å². The van der Waals surface area contributed by atoms with Crippen molar-refractivity contribution in [2.24, 2.45) is 0 Å². The second-order valence-corrected chi connectivity index (χ2v) is 8.25. The van der Waals surface area contributed by atoms with Crippen LogP contribution >= 0.6 is 0 Å². The number of carbonyl (C=O) groups excluding carboxylic acids is 1. The minimum Gasteiger partial charge on any atom is -0.297 e. The predicted octanol–water partition coefficient (Wildman–Crippen LogP) is 4.28. The van der Waals surface area contributed by atoms with Crippen molar-refractivity contribution in [3.63, 3.8) is 0 Å². The molecule has 3 nitrogen and oxygen atoms in total. The van der Waals surface area contributed by atoms with Crippen LogP contribution in [-0.4, -0.2) is 41.8 Å². The summed E-state index contributed by atoms with van der Waals surface area (Å²) in [7, 11) is 0. The molecule has 0 saturated carbocycles. The Balaban J connectivity index is 1.44. The van der Waals surface area contributed by atoms with E-state index in [0.29, 0.717) is 17.5 Å². The normalized spacial score (nSPS) is 22.2. The highest BCUT2D eigenvalue weighted by molar-refractivity contribution is 6.08. The van der Waals surface area contributed by atoms with E-state index in [1.54, 1.807) is 12.1 Å². The zero-order valence-electron chi connectivity index (χ0n) is 16.9. The third-order valence-corrected chi connectivity index (χ3v) is 6.58. The number of fused-ring (bicyclic) bond motifs is 1. The standard InChI is InChI=1S/C26H25FN2O/c27-24-13-7-12-22-23(24)18-26(25(22)30,21-10-5-2-6-11-21)29-16-14-28(15-17-29)19-20-8-3-1-4-9-20/h1-13H,14-19H2. The van der Waals surface area contributed by atoms with Gasteiger partial charge < -0.3 is 0 Å². The summed E-state index contributed by atoms with van der Waals surface area (Å²) in [5.74, 6) is -0.249. The van der Waals surface area contributed by atoms with E-state index < -0.39 is 5.54 Å². The number of piperazine rings is 1. The molecule has 0 amide bonds. The number of ketones is 1. The Hall–Kier alpha value is -2.82. The molecule has 1 aliphatic heterocycles. The summed E-state index contributed by atoms with van der Waals surface area (Å²) in [6, 6.07) is 25.3. The fraction of sp³-hybridized carbons (Fsp3) is 0.269. The summed E-state index contributed by atoms with van der Waals surface area (Å²) in [5, 5.41) is 0. The Morgan fingerprint density at radius 2 is 1.47 bits per heavy atom. The first-order valence-electron chi connectivity index (χ1n) is 10.6. The average molecular weight is 400 g/mol. The zero-order chi connectivity index (χ0) is 20.6. The Morgan fingerprint density at radius 1 is 0.800 bits per heavy atom. The van der Waals surface area contributed by atoms with Crippen molar-refractivity contribution >= 4 is 5.78 Å². The topological polar surface area (TPSA) is 23.6 Å². The minimum atomic E-state index is -0.815. The molecule has 0 spiro atoms. The molecular weight excluding hydrogens is 375 g/mol. The number of halogens is 1. The fourth-order valence-electron chi connectivity index (χ4n) is 5.02. The maximum Gasteiger partial charge on any atom is 0.188 e. The van der Waals surface area contributed by atoms with Crippen LogP contribution in [0, 0.1) is 5.82 Å². The molecule has 30 heavy (non-hydrogen) atoms. The lowest BCUT2D eigenvalue weighted by molar-refractivity contribution is 0.0287. The van der Waals surface area contributed by atoms with Gasteiger partial charge >= 0.3 is 0 Å². The van der Waals surface area contributed by atoms with E-state index >= 15 is 0 Å². The van der Waals surface area contributed by atoms with E-state index in [9.17, 15) is 9.18 Å². The molecule has 0 N–H and O–H groups in total. The first-order valence-corrected chi connectivity index (χ1v) is 10.6.